The molecule has 0 radical (unpaired) electrons. The zero-order chi connectivity index (χ0) is 22.3. The van der Waals surface area contributed by atoms with E-state index in [1.807, 2.05) is 24.3 Å². The Labute approximate surface area is 193 Å². The molecule has 0 unspecified atom stereocenters. The molecule has 0 fully saturated rings. The molecule has 31 heavy (non-hydrogen) atoms. The van der Waals surface area contributed by atoms with Gasteiger partial charge in [0, 0.05) is 26.4 Å². The number of hydrogen-bond donors (Lipinski definition) is 2. The zero-order valence-electron chi connectivity index (χ0n) is 16.1. The molecular formula is C22H16Cl2N2O3S2. The Bertz CT molecular complexity index is 1450. The van der Waals surface area contributed by atoms with E-state index in [0.29, 0.717) is 26.8 Å². The monoisotopic (exact) mass is 490 g/mol. The standard InChI is InChI=1S/C22H16Cl2N2O3S2/c1-31(28,29)26-15-4-2-3-12(9-15)13-5-7-17-19(10-13)30-22(20(17)25)21(27)16-8-6-14(23)11-18(16)24/h2-11,26H,25H2,1H3. The molecule has 0 aliphatic carbocycles. The molecular weight excluding hydrogens is 475 g/mol. The molecule has 1 heterocycles. The molecule has 4 rings (SSSR count). The summed E-state index contributed by atoms with van der Waals surface area (Å²) in [7, 11) is -3.38. The fraction of sp³-hybridized carbons (Fsp3) is 0.0455. The van der Waals surface area contributed by atoms with E-state index in [9.17, 15) is 13.2 Å². The van der Waals surface area contributed by atoms with Crippen molar-refractivity contribution in [2.45, 2.75) is 0 Å². The number of ketones is 1. The maximum Gasteiger partial charge on any atom is 0.229 e. The predicted molar refractivity (Wildman–Crippen MR) is 130 cm³/mol. The smallest absolute Gasteiger partial charge is 0.229 e. The second-order valence-corrected chi connectivity index (χ2v) is 10.6. The van der Waals surface area contributed by atoms with Crippen LogP contribution in [0.3, 0.4) is 0 Å². The summed E-state index contributed by atoms with van der Waals surface area (Å²) in [6.07, 6.45) is 1.10. The molecule has 5 nitrogen and oxygen atoms in total. The van der Waals surface area contributed by atoms with E-state index in [0.717, 1.165) is 27.5 Å². The fourth-order valence-corrected chi connectivity index (χ4v) is 5.40. The highest BCUT2D eigenvalue weighted by molar-refractivity contribution is 7.92. The summed E-state index contributed by atoms with van der Waals surface area (Å²) >= 11 is 13.4. The maximum atomic E-state index is 13.0. The number of nitrogens with two attached hydrogens (primary N) is 1. The third kappa shape index (κ3) is 4.55. The van der Waals surface area contributed by atoms with Crippen molar-refractivity contribution >= 4 is 71.8 Å². The van der Waals surface area contributed by atoms with Crippen LogP contribution in [0.15, 0.2) is 60.7 Å². The molecule has 3 N–H and O–H groups in total. The van der Waals surface area contributed by atoms with E-state index in [1.54, 1.807) is 30.3 Å². The highest BCUT2D eigenvalue weighted by Gasteiger charge is 2.20. The molecule has 4 aromatic rings. The van der Waals surface area contributed by atoms with Gasteiger partial charge in [-0.3, -0.25) is 9.52 Å². The largest absolute Gasteiger partial charge is 0.397 e. The Kier molecular flexibility index (Phi) is 5.70. The van der Waals surface area contributed by atoms with Crippen LogP contribution < -0.4 is 10.5 Å². The van der Waals surface area contributed by atoms with Crippen LogP contribution >= 0.6 is 34.5 Å². The van der Waals surface area contributed by atoms with Gasteiger partial charge in [-0.1, -0.05) is 47.5 Å². The Morgan fingerprint density at radius 2 is 1.74 bits per heavy atom. The molecule has 0 amide bonds. The Balaban J connectivity index is 1.75. The molecule has 158 valence electrons. The molecule has 0 saturated heterocycles. The van der Waals surface area contributed by atoms with Crippen LogP contribution in [0.2, 0.25) is 10.0 Å². The summed E-state index contributed by atoms with van der Waals surface area (Å²) in [6, 6.07) is 17.5. The average Bonchev–Trinajstić information content (AvgIpc) is 3.02. The zero-order valence-corrected chi connectivity index (χ0v) is 19.3. The number of carbonyl (C=O) groups is 1. The van der Waals surface area contributed by atoms with Crippen molar-refractivity contribution in [2.75, 3.05) is 16.7 Å². The average molecular weight is 491 g/mol. The number of fused-ring (bicyclic) bond motifs is 1. The fourth-order valence-electron chi connectivity index (χ4n) is 3.24. The lowest BCUT2D eigenvalue weighted by Gasteiger charge is -2.07. The van der Waals surface area contributed by atoms with Crippen LogP contribution in [0, 0.1) is 0 Å². The van der Waals surface area contributed by atoms with Crippen molar-refractivity contribution in [2.24, 2.45) is 0 Å². The molecule has 0 saturated carbocycles. The number of nitrogen functional groups attached to an aromatic ring is 1. The minimum absolute atomic E-state index is 0.263. The molecule has 0 aliphatic heterocycles. The molecule has 0 atom stereocenters. The summed E-state index contributed by atoms with van der Waals surface area (Å²) in [5.74, 6) is -0.263. The SMILES string of the molecule is CS(=O)(=O)Nc1cccc(-c2ccc3c(N)c(C(=O)c4ccc(Cl)cc4Cl)sc3c2)c1. The Morgan fingerprint density at radius 3 is 2.45 bits per heavy atom. The third-order valence-electron chi connectivity index (χ3n) is 4.61. The van der Waals surface area contributed by atoms with E-state index in [1.165, 1.54) is 17.4 Å². The Morgan fingerprint density at radius 1 is 1.00 bits per heavy atom. The number of nitrogens with one attached hydrogen (secondary N) is 1. The van der Waals surface area contributed by atoms with Crippen molar-refractivity contribution < 1.29 is 13.2 Å². The first-order valence-electron chi connectivity index (χ1n) is 9.02. The highest BCUT2D eigenvalue weighted by Crippen LogP contribution is 2.38. The van der Waals surface area contributed by atoms with Crippen LogP contribution in [0.5, 0.6) is 0 Å². The molecule has 1 aromatic heterocycles. The number of sulfonamides is 1. The first-order valence-corrected chi connectivity index (χ1v) is 12.5. The van der Waals surface area contributed by atoms with Crippen LogP contribution in [-0.4, -0.2) is 20.5 Å². The Hall–Kier alpha value is -2.58. The summed E-state index contributed by atoms with van der Waals surface area (Å²) in [4.78, 5) is 13.4. The van der Waals surface area contributed by atoms with Gasteiger partial charge in [-0.25, -0.2) is 8.42 Å². The second kappa shape index (κ2) is 8.16. The van der Waals surface area contributed by atoms with Crippen molar-refractivity contribution in [3.05, 3.63) is 81.1 Å². The number of thiophene rings is 1. The molecule has 0 bridgehead atoms. The van der Waals surface area contributed by atoms with Crippen molar-refractivity contribution in [3.8, 4) is 11.1 Å². The minimum Gasteiger partial charge on any atom is -0.397 e. The quantitative estimate of drug-likeness (QED) is 0.332. The van der Waals surface area contributed by atoms with Crippen LogP contribution in [0.4, 0.5) is 11.4 Å². The molecule has 9 heteroatoms. The van der Waals surface area contributed by atoms with Gasteiger partial charge < -0.3 is 5.73 Å². The minimum atomic E-state index is -3.38. The second-order valence-electron chi connectivity index (χ2n) is 6.96. The van der Waals surface area contributed by atoms with Crippen LogP contribution in [0.1, 0.15) is 15.2 Å². The van der Waals surface area contributed by atoms with Gasteiger partial charge in [0.05, 0.1) is 21.8 Å². The lowest BCUT2D eigenvalue weighted by molar-refractivity contribution is 0.104. The van der Waals surface area contributed by atoms with Gasteiger partial charge >= 0.3 is 0 Å². The first kappa shape index (κ1) is 21.6. The first-order chi connectivity index (χ1) is 14.6. The van der Waals surface area contributed by atoms with E-state index in [2.05, 4.69) is 4.72 Å². The van der Waals surface area contributed by atoms with E-state index in [-0.39, 0.29) is 10.8 Å². The number of benzene rings is 3. The molecule has 0 aliphatic rings. The van der Waals surface area contributed by atoms with Gasteiger partial charge in [0.25, 0.3) is 0 Å². The third-order valence-corrected chi connectivity index (χ3v) is 6.93. The lowest BCUT2D eigenvalue weighted by atomic mass is 10.0. The van der Waals surface area contributed by atoms with Crippen molar-refractivity contribution in [1.82, 2.24) is 0 Å². The normalized spacial score (nSPS) is 11.6. The van der Waals surface area contributed by atoms with Gasteiger partial charge in [-0.15, -0.1) is 11.3 Å². The summed E-state index contributed by atoms with van der Waals surface area (Å²) in [6.45, 7) is 0. The number of hydrogen-bond acceptors (Lipinski definition) is 5. The van der Waals surface area contributed by atoms with Crippen molar-refractivity contribution in [3.63, 3.8) is 0 Å². The van der Waals surface area contributed by atoms with Crippen LogP contribution in [-0.2, 0) is 10.0 Å². The highest BCUT2D eigenvalue weighted by atomic mass is 35.5. The summed E-state index contributed by atoms with van der Waals surface area (Å²) < 4.78 is 26.3. The number of rotatable bonds is 5. The number of carbonyl (C=O) groups excluding carboxylic acids is 1. The number of halogens is 2. The van der Waals surface area contributed by atoms with Gasteiger partial charge in [0.2, 0.25) is 15.8 Å². The van der Waals surface area contributed by atoms with E-state index in [4.69, 9.17) is 28.9 Å². The predicted octanol–water partition coefficient (Wildman–Crippen LogP) is 6.06. The number of anilines is 2. The molecule has 3 aromatic carbocycles. The van der Waals surface area contributed by atoms with E-state index >= 15 is 0 Å². The lowest BCUT2D eigenvalue weighted by Crippen LogP contribution is -2.09. The maximum absolute atomic E-state index is 13.0. The molecule has 0 spiro atoms. The summed E-state index contributed by atoms with van der Waals surface area (Å²) in [5.41, 5.74) is 9.19. The van der Waals surface area contributed by atoms with Crippen molar-refractivity contribution in [1.29, 1.82) is 0 Å². The van der Waals surface area contributed by atoms with Crippen LogP contribution in [0.25, 0.3) is 21.2 Å². The van der Waals surface area contributed by atoms with Gasteiger partial charge in [-0.05, 0) is 47.5 Å². The van der Waals surface area contributed by atoms with Gasteiger partial charge in [0.15, 0.2) is 0 Å². The summed E-state index contributed by atoms with van der Waals surface area (Å²) in [5, 5.41) is 1.49. The van der Waals surface area contributed by atoms with E-state index < -0.39 is 10.0 Å². The topological polar surface area (TPSA) is 89.3 Å². The van der Waals surface area contributed by atoms with Gasteiger partial charge in [-0.2, -0.15) is 0 Å². The van der Waals surface area contributed by atoms with Gasteiger partial charge in [0.1, 0.15) is 0 Å².